The number of nitrogens with one attached hydrogen (secondary N) is 2. The Morgan fingerprint density at radius 3 is 2.17 bits per heavy atom. The Kier molecular flexibility index (Phi) is 11.2. The molecule has 2 rings (SSSR count). The molecule has 2 aromatic carbocycles. The number of methoxy groups -OCH3 is 3. The highest BCUT2D eigenvalue weighted by Crippen LogP contribution is 2.38. The molecular weight excluding hydrogens is 507 g/mol. The van der Waals surface area contributed by atoms with Crippen LogP contribution in [0.5, 0.6) is 17.2 Å². The van der Waals surface area contributed by atoms with Gasteiger partial charge in [0.25, 0.3) is 0 Å². The number of halogens is 3. The molecule has 0 aromatic heterocycles. The average Bonchev–Trinajstić information content (AvgIpc) is 2.72. The number of benzene rings is 2. The van der Waals surface area contributed by atoms with Crippen LogP contribution in [0.4, 0.5) is 8.78 Å². The minimum absolute atomic E-state index is 0. The fraction of sp³-hybridized carbons (Fsp3) is 0.381. The monoisotopic (exact) mass is 535 g/mol. The number of ether oxygens (including phenoxy) is 3. The molecule has 0 fully saturated rings. The molecule has 30 heavy (non-hydrogen) atoms. The molecule has 2 N–H and O–H groups in total. The Bertz CT molecular complexity index is 825. The predicted octanol–water partition coefficient (Wildman–Crippen LogP) is 3.91. The van der Waals surface area contributed by atoms with Gasteiger partial charge in [0.15, 0.2) is 17.5 Å². The number of nitrogens with zero attached hydrogens (tertiary/aromatic N) is 1. The van der Waals surface area contributed by atoms with Crippen LogP contribution in [-0.4, -0.2) is 40.4 Å². The summed E-state index contributed by atoms with van der Waals surface area (Å²) in [6.45, 7) is 3.45. The van der Waals surface area contributed by atoms with Gasteiger partial charge in [0.1, 0.15) is 11.6 Å². The smallest absolute Gasteiger partial charge is 0.203 e. The number of hydrogen-bond donors (Lipinski definition) is 2. The molecule has 0 radical (unpaired) electrons. The Morgan fingerprint density at radius 1 is 0.967 bits per heavy atom. The second-order valence-electron chi connectivity index (χ2n) is 6.14. The van der Waals surface area contributed by atoms with E-state index >= 15 is 0 Å². The number of rotatable bonds is 9. The van der Waals surface area contributed by atoms with E-state index in [-0.39, 0.29) is 24.0 Å². The van der Waals surface area contributed by atoms with Crippen LogP contribution >= 0.6 is 24.0 Å². The van der Waals surface area contributed by atoms with Crippen molar-refractivity contribution in [2.24, 2.45) is 4.99 Å². The van der Waals surface area contributed by atoms with Crippen molar-refractivity contribution in [3.63, 3.8) is 0 Å². The Morgan fingerprint density at radius 2 is 1.63 bits per heavy atom. The molecule has 0 heterocycles. The van der Waals surface area contributed by atoms with E-state index in [0.29, 0.717) is 54.8 Å². The fourth-order valence-electron chi connectivity index (χ4n) is 2.78. The van der Waals surface area contributed by atoms with Crippen LogP contribution in [0.15, 0.2) is 35.3 Å². The van der Waals surface area contributed by atoms with Crippen LogP contribution in [-0.2, 0) is 13.0 Å². The van der Waals surface area contributed by atoms with Crippen LogP contribution in [0.2, 0.25) is 0 Å². The Labute approximate surface area is 193 Å². The van der Waals surface area contributed by atoms with Crippen molar-refractivity contribution < 1.29 is 23.0 Å². The van der Waals surface area contributed by atoms with Gasteiger partial charge in [-0.15, -0.1) is 24.0 Å². The van der Waals surface area contributed by atoms with Gasteiger partial charge in [0.05, 0.1) is 27.9 Å². The molecule has 166 valence electrons. The van der Waals surface area contributed by atoms with Crippen molar-refractivity contribution in [2.45, 2.75) is 19.9 Å². The van der Waals surface area contributed by atoms with Gasteiger partial charge in [0.2, 0.25) is 5.75 Å². The van der Waals surface area contributed by atoms with E-state index < -0.39 is 11.6 Å². The minimum Gasteiger partial charge on any atom is -0.493 e. The summed E-state index contributed by atoms with van der Waals surface area (Å²) in [6.07, 6.45) is 0.403. The summed E-state index contributed by atoms with van der Waals surface area (Å²) in [7, 11) is 4.67. The lowest BCUT2D eigenvalue weighted by Gasteiger charge is -2.14. The molecule has 6 nitrogen and oxygen atoms in total. The third-order valence-electron chi connectivity index (χ3n) is 4.19. The Hall–Kier alpha value is -2.30. The first-order chi connectivity index (χ1) is 14.0. The average molecular weight is 535 g/mol. The topological polar surface area (TPSA) is 64.1 Å². The quantitative estimate of drug-likeness (QED) is 0.290. The van der Waals surface area contributed by atoms with Crippen LogP contribution in [0, 0.1) is 11.6 Å². The van der Waals surface area contributed by atoms with Crippen molar-refractivity contribution >= 4 is 29.9 Å². The summed E-state index contributed by atoms with van der Waals surface area (Å²) in [5.74, 6) is 1.09. The molecule has 0 atom stereocenters. The van der Waals surface area contributed by atoms with Gasteiger partial charge in [-0.05, 0) is 42.7 Å². The van der Waals surface area contributed by atoms with Gasteiger partial charge >= 0.3 is 0 Å². The summed E-state index contributed by atoms with van der Waals surface area (Å²) in [5.41, 5.74) is 1.32. The normalized spacial score (nSPS) is 10.8. The first-order valence-electron chi connectivity index (χ1n) is 9.27. The molecule has 0 amide bonds. The van der Waals surface area contributed by atoms with Crippen LogP contribution in [0.3, 0.4) is 0 Å². The maximum absolute atomic E-state index is 13.7. The molecule has 0 aliphatic carbocycles. The van der Waals surface area contributed by atoms with Crippen molar-refractivity contribution in [1.29, 1.82) is 0 Å². The molecule has 0 spiro atoms. The zero-order valence-corrected chi connectivity index (χ0v) is 19.9. The largest absolute Gasteiger partial charge is 0.493 e. The SMILES string of the molecule is CCNC(=NCc1cc(OC)c(OC)c(OC)c1)NCCc1ccc(F)cc1F.I. The number of hydrogen-bond acceptors (Lipinski definition) is 4. The molecule has 0 aliphatic rings. The van der Waals surface area contributed by atoms with Crippen molar-refractivity contribution in [1.82, 2.24) is 10.6 Å². The summed E-state index contributed by atoms with van der Waals surface area (Å²) >= 11 is 0. The number of guanidine groups is 1. The maximum atomic E-state index is 13.7. The van der Waals surface area contributed by atoms with E-state index in [2.05, 4.69) is 15.6 Å². The molecule has 0 saturated carbocycles. The number of aliphatic imine (C=N–C) groups is 1. The van der Waals surface area contributed by atoms with Gasteiger partial charge in [-0.3, -0.25) is 0 Å². The highest BCUT2D eigenvalue weighted by Gasteiger charge is 2.13. The summed E-state index contributed by atoms with van der Waals surface area (Å²) in [5, 5.41) is 6.29. The zero-order valence-electron chi connectivity index (χ0n) is 17.6. The Balaban J connectivity index is 0.00000450. The standard InChI is InChI=1S/C21H27F2N3O3.HI/c1-5-24-21(25-9-8-15-6-7-16(22)12-17(15)23)26-13-14-10-18(27-2)20(29-4)19(11-14)28-3;/h6-7,10-12H,5,8-9,13H2,1-4H3,(H2,24,25,26);1H. The van der Waals surface area contributed by atoms with Gasteiger partial charge in [0, 0.05) is 19.2 Å². The molecule has 0 saturated heterocycles. The van der Waals surface area contributed by atoms with Crippen LogP contribution in [0.25, 0.3) is 0 Å². The third-order valence-corrected chi connectivity index (χ3v) is 4.19. The predicted molar refractivity (Wildman–Crippen MR) is 124 cm³/mol. The summed E-state index contributed by atoms with van der Waals surface area (Å²) < 4.78 is 42.8. The van der Waals surface area contributed by atoms with Crippen molar-refractivity contribution in [3.8, 4) is 17.2 Å². The van der Waals surface area contributed by atoms with E-state index in [1.54, 1.807) is 21.3 Å². The molecule has 9 heteroatoms. The summed E-state index contributed by atoms with van der Waals surface area (Å²) in [4.78, 5) is 4.55. The fourth-order valence-corrected chi connectivity index (χ4v) is 2.78. The molecule has 0 aliphatic heterocycles. The molecular formula is C21H28F2IN3O3. The molecule has 2 aromatic rings. The second-order valence-corrected chi connectivity index (χ2v) is 6.14. The lowest BCUT2D eigenvalue weighted by molar-refractivity contribution is 0.324. The minimum atomic E-state index is -0.584. The van der Waals surface area contributed by atoms with Gasteiger partial charge in [-0.1, -0.05) is 6.07 Å². The van der Waals surface area contributed by atoms with E-state index in [4.69, 9.17) is 14.2 Å². The van der Waals surface area contributed by atoms with E-state index in [1.165, 1.54) is 12.1 Å². The molecule has 0 unspecified atom stereocenters. The highest BCUT2D eigenvalue weighted by atomic mass is 127. The summed E-state index contributed by atoms with van der Waals surface area (Å²) in [6, 6.07) is 7.26. The second kappa shape index (κ2) is 13.1. The van der Waals surface area contributed by atoms with Crippen molar-refractivity contribution in [2.75, 3.05) is 34.4 Å². The molecule has 0 bridgehead atoms. The zero-order chi connectivity index (χ0) is 21.2. The van der Waals surface area contributed by atoms with E-state index in [1.807, 2.05) is 19.1 Å². The maximum Gasteiger partial charge on any atom is 0.203 e. The first-order valence-corrected chi connectivity index (χ1v) is 9.27. The van der Waals surface area contributed by atoms with Crippen LogP contribution < -0.4 is 24.8 Å². The highest BCUT2D eigenvalue weighted by molar-refractivity contribution is 14.0. The van der Waals surface area contributed by atoms with Gasteiger partial charge in [-0.2, -0.15) is 0 Å². The third kappa shape index (κ3) is 7.19. The lowest BCUT2D eigenvalue weighted by Crippen LogP contribution is -2.38. The van der Waals surface area contributed by atoms with E-state index in [0.717, 1.165) is 11.6 Å². The van der Waals surface area contributed by atoms with Gasteiger partial charge < -0.3 is 24.8 Å². The van der Waals surface area contributed by atoms with Crippen molar-refractivity contribution in [3.05, 3.63) is 53.1 Å². The first kappa shape index (κ1) is 25.7. The van der Waals surface area contributed by atoms with E-state index in [9.17, 15) is 8.78 Å². The lowest BCUT2D eigenvalue weighted by atomic mass is 10.1. The van der Waals surface area contributed by atoms with Crippen LogP contribution in [0.1, 0.15) is 18.1 Å². The van der Waals surface area contributed by atoms with Gasteiger partial charge in [-0.25, -0.2) is 13.8 Å².